The third-order valence-corrected chi connectivity index (χ3v) is 2.13. The molecule has 1 aliphatic carbocycles. The summed E-state index contributed by atoms with van der Waals surface area (Å²) in [6, 6.07) is 0. The second-order valence-electron chi connectivity index (χ2n) is 3.86. The monoisotopic (exact) mass is 136 g/mol. The molecule has 0 amide bonds. The zero-order valence-corrected chi connectivity index (χ0v) is 7.31. The summed E-state index contributed by atoms with van der Waals surface area (Å²) in [5.74, 6) is 0.646. The number of hydrogen-bond donors (Lipinski definition) is 0. The van der Waals surface area contributed by atoms with Gasteiger partial charge in [0, 0.05) is 5.41 Å². The van der Waals surface area contributed by atoms with Crippen LogP contribution in [0, 0.1) is 11.3 Å². The average molecular weight is 136 g/mol. The van der Waals surface area contributed by atoms with E-state index in [1.54, 1.807) is 0 Å². The Morgan fingerprint density at radius 3 is 2.40 bits per heavy atom. The van der Waals surface area contributed by atoms with Gasteiger partial charge in [0.2, 0.25) is 0 Å². The zero-order chi connectivity index (χ0) is 7.78. The van der Waals surface area contributed by atoms with Crippen LogP contribution in [-0.2, 0) is 0 Å². The van der Waals surface area contributed by atoms with Crippen LogP contribution in [0.5, 0.6) is 0 Å². The highest BCUT2D eigenvalue weighted by Crippen LogP contribution is 2.29. The van der Waals surface area contributed by atoms with Crippen LogP contribution in [0.2, 0.25) is 0 Å². The molecule has 0 N–H and O–H groups in total. The summed E-state index contributed by atoms with van der Waals surface area (Å²) in [6.45, 7) is 8.91. The largest absolute Gasteiger partial charge is 0.0808 e. The minimum Gasteiger partial charge on any atom is -0.0808 e. The molecule has 1 atom stereocenters. The second kappa shape index (κ2) is 2.26. The lowest BCUT2D eigenvalue weighted by Gasteiger charge is -2.23. The zero-order valence-electron chi connectivity index (χ0n) is 7.31. The van der Waals surface area contributed by atoms with E-state index < -0.39 is 0 Å². The fourth-order valence-electron chi connectivity index (χ4n) is 1.31. The molecule has 56 valence electrons. The standard InChI is InChI=1S/C10H16/c1-8-5-6-10(3,4)7-9(8)2/h5-8H,1-4H3. The Hall–Kier alpha value is -0.520. The Balaban J connectivity index is 2.85. The predicted molar refractivity (Wildman–Crippen MR) is 45.8 cm³/mol. The first-order chi connectivity index (χ1) is 4.51. The van der Waals surface area contributed by atoms with Crippen LogP contribution < -0.4 is 0 Å². The van der Waals surface area contributed by atoms with Crippen molar-refractivity contribution in [2.75, 3.05) is 0 Å². The summed E-state index contributed by atoms with van der Waals surface area (Å²) in [5.41, 5.74) is 1.78. The predicted octanol–water partition coefficient (Wildman–Crippen LogP) is 3.16. The van der Waals surface area contributed by atoms with E-state index in [1.165, 1.54) is 5.57 Å². The highest BCUT2D eigenvalue weighted by atomic mass is 14.2. The topological polar surface area (TPSA) is 0 Å². The Morgan fingerprint density at radius 1 is 1.40 bits per heavy atom. The third-order valence-electron chi connectivity index (χ3n) is 2.13. The molecule has 0 radical (unpaired) electrons. The molecule has 0 aromatic rings. The van der Waals surface area contributed by atoms with Crippen LogP contribution in [0.25, 0.3) is 0 Å². The van der Waals surface area contributed by atoms with Crippen molar-refractivity contribution in [1.82, 2.24) is 0 Å². The van der Waals surface area contributed by atoms with Crippen LogP contribution in [0.4, 0.5) is 0 Å². The quantitative estimate of drug-likeness (QED) is 0.449. The normalized spacial score (nSPS) is 30.0. The van der Waals surface area contributed by atoms with Gasteiger partial charge >= 0.3 is 0 Å². The molecule has 1 rings (SSSR count). The molecule has 0 aromatic carbocycles. The van der Waals surface area contributed by atoms with Gasteiger partial charge < -0.3 is 0 Å². The number of hydrogen-bond acceptors (Lipinski definition) is 0. The fraction of sp³-hybridized carbons (Fsp3) is 0.600. The van der Waals surface area contributed by atoms with Gasteiger partial charge in [-0.25, -0.2) is 0 Å². The molecule has 0 saturated heterocycles. The Labute approximate surface area is 63.6 Å². The van der Waals surface area contributed by atoms with Gasteiger partial charge in [0.1, 0.15) is 0 Å². The van der Waals surface area contributed by atoms with Crippen LogP contribution in [0.15, 0.2) is 23.8 Å². The maximum Gasteiger partial charge on any atom is 0.000740 e. The van der Waals surface area contributed by atoms with Crippen LogP contribution in [0.3, 0.4) is 0 Å². The van der Waals surface area contributed by atoms with Crippen molar-refractivity contribution in [3.63, 3.8) is 0 Å². The molecule has 0 saturated carbocycles. The van der Waals surface area contributed by atoms with Gasteiger partial charge in [-0.05, 0) is 12.8 Å². The molecule has 0 aliphatic heterocycles. The first kappa shape index (κ1) is 7.59. The van der Waals surface area contributed by atoms with E-state index in [9.17, 15) is 0 Å². The summed E-state index contributed by atoms with van der Waals surface area (Å²) >= 11 is 0. The summed E-state index contributed by atoms with van der Waals surface area (Å²) in [5, 5.41) is 0. The van der Waals surface area contributed by atoms with Crippen molar-refractivity contribution in [1.29, 1.82) is 0 Å². The van der Waals surface area contributed by atoms with Crippen LogP contribution >= 0.6 is 0 Å². The Kier molecular flexibility index (Phi) is 1.72. The number of rotatable bonds is 0. The summed E-state index contributed by atoms with van der Waals surface area (Å²) in [6.07, 6.45) is 6.91. The molecule has 0 heteroatoms. The van der Waals surface area contributed by atoms with E-state index in [-0.39, 0.29) is 5.41 Å². The SMILES string of the molecule is CC1=CC(C)(C)C=CC1C. The minimum absolute atomic E-state index is 0.288. The van der Waals surface area contributed by atoms with Gasteiger partial charge in [-0.1, -0.05) is 44.6 Å². The lowest BCUT2D eigenvalue weighted by Crippen LogP contribution is -2.10. The van der Waals surface area contributed by atoms with E-state index in [1.807, 2.05) is 0 Å². The minimum atomic E-state index is 0.288. The van der Waals surface area contributed by atoms with Crippen molar-refractivity contribution in [2.24, 2.45) is 11.3 Å². The molecule has 10 heavy (non-hydrogen) atoms. The van der Waals surface area contributed by atoms with E-state index in [0.29, 0.717) is 5.92 Å². The van der Waals surface area contributed by atoms with Gasteiger partial charge in [-0.15, -0.1) is 0 Å². The van der Waals surface area contributed by atoms with Crippen LogP contribution in [0.1, 0.15) is 27.7 Å². The molecule has 0 bridgehead atoms. The maximum atomic E-state index is 2.34. The molecule has 0 aromatic heterocycles. The van der Waals surface area contributed by atoms with Gasteiger partial charge in [0.25, 0.3) is 0 Å². The van der Waals surface area contributed by atoms with Crippen molar-refractivity contribution in [2.45, 2.75) is 27.7 Å². The molecule has 0 heterocycles. The first-order valence-corrected chi connectivity index (χ1v) is 3.90. The summed E-state index contributed by atoms with van der Waals surface area (Å²) < 4.78 is 0. The summed E-state index contributed by atoms with van der Waals surface area (Å²) in [4.78, 5) is 0. The van der Waals surface area contributed by atoms with Crippen molar-refractivity contribution < 1.29 is 0 Å². The fourth-order valence-corrected chi connectivity index (χ4v) is 1.31. The summed E-state index contributed by atoms with van der Waals surface area (Å²) in [7, 11) is 0. The molecule has 1 unspecified atom stereocenters. The first-order valence-electron chi connectivity index (χ1n) is 3.90. The Morgan fingerprint density at radius 2 is 2.00 bits per heavy atom. The third kappa shape index (κ3) is 1.50. The van der Waals surface area contributed by atoms with Gasteiger partial charge in [-0.3, -0.25) is 0 Å². The van der Waals surface area contributed by atoms with Gasteiger partial charge in [0.15, 0.2) is 0 Å². The van der Waals surface area contributed by atoms with E-state index in [0.717, 1.165) is 0 Å². The highest BCUT2D eigenvalue weighted by Gasteiger charge is 2.16. The van der Waals surface area contributed by atoms with Gasteiger partial charge in [0.05, 0.1) is 0 Å². The molecular weight excluding hydrogens is 120 g/mol. The maximum absolute atomic E-state index is 2.34. The molecule has 0 spiro atoms. The second-order valence-corrected chi connectivity index (χ2v) is 3.86. The Bertz CT molecular complexity index is 182. The molecule has 1 aliphatic rings. The van der Waals surface area contributed by atoms with E-state index in [2.05, 4.69) is 45.9 Å². The van der Waals surface area contributed by atoms with Crippen molar-refractivity contribution >= 4 is 0 Å². The van der Waals surface area contributed by atoms with Crippen molar-refractivity contribution in [3.8, 4) is 0 Å². The van der Waals surface area contributed by atoms with Crippen LogP contribution in [-0.4, -0.2) is 0 Å². The molecule has 0 nitrogen and oxygen atoms in total. The highest BCUT2D eigenvalue weighted by molar-refractivity contribution is 5.23. The van der Waals surface area contributed by atoms with Crippen molar-refractivity contribution in [3.05, 3.63) is 23.8 Å². The van der Waals surface area contributed by atoms with Gasteiger partial charge in [-0.2, -0.15) is 0 Å². The molecular formula is C10H16. The van der Waals surface area contributed by atoms with E-state index in [4.69, 9.17) is 0 Å². The van der Waals surface area contributed by atoms with E-state index >= 15 is 0 Å². The molecule has 0 fully saturated rings. The average Bonchev–Trinajstić information content (AvgIpc) is 1.79. The smallest absolute Gasteiger partial charge is 0.000740 e. The number of allylic oxidation sites excluding steroid dienone is 4. The lowest BCUT2D eigenvalue weighted by molar-refractivity contribution is 0.587. The lowest BCUT2D eigenvalue weighted by atomic mass is 9.82.